The van der Waals surface area contributed by atoms with E-state index in [-0.39, 0.29) is 0 Å². The number of hydrogen-bond donors (Lipinski definition) is 1. The maximum absolute atomic E-state index is 10.5. The summed E-state index contributed by atoms with van der Waals surface area (Å²) >= 11 is 0. The van der Waals surface area contributed by atoms with Crippen LogP contribution in [0.25, 0.3) is 0 Å². The Hall–Kier alpha value is -0.770. The Morgan fingerprint density at radius 1 is 1.50 bits per heavy atom. The van der Waals surface area contributed by atoms with Gasteiger partial charge in [0, 0.05) is 0 Å². The molecule has 0 rings (SSSR count). The number of alkyl carbamates (subject to hydrolysis) is 1. The number of hydrogen-bond acceptors (Lipinski definition) is 2. The van der Waals surface area contributed by atoms with Crippen LogP contribution < -0.4 is 5.32 Å². The van der Waals surface area contributed by atoms with Gasteiger partial charge in [-0.3, -0.25) is 5.32 Å². The van der Waals surface area contributed by atoms with Crippen LogP contribution in [0.4, 0.5) is 4.79 Å². The van der Waals surface area contributed by atoms with Gasteiger partial charge in [-0.05, 0) is 20.8 Å². The van der Waals surface area contributed by atoms with Crippen molar-refractivity contribution in [2.24, 2.45) is 0 Å². The first-order valence-corrected chi connectivity index (χ1v) is 3.00. The fraction of sp³-hybridized carbons (Fsp3) is 0.833. The van der Waals surface area contributed by atoms with Crippen LogP contribution in [0, 0.1) is 0 Å². The molecule has 1 radical (unpaired) electrons. The van der Waals surface area contributed by atoms with Gasteiger partial charge in [0.1, 0.15) is 5.60 Å². The van der Waals surface area contributed by atoms with Gasteiger partial charge in [-0.1, -0.05) is 0 Å². The summed E-state index contributed by atoms with van der Waals surface area (Å²) in [6.07, 6.45) is -0.664. The number of carbonyl (C=O) groups is 1. The van der Waals surface area contributed by atoms with Crippen LogP contribution in [-0.4, -0.2) is 18.4 Å². The number of ether oxygens (including phenoxy) is 1. The topological polar surface area (TPSA) is 58.2 Å². The lowest BCUT2D eigenvalue weighted by Gasteiger charge is -2.18. The van der Waals surface area contributed by atoms with Gasteiger partial charge in [0.25, 0.3) is 0 Å². The molecule has 0 saturated heterocycles. The molecule has 10 heavy (non-hydrogen) atoms. The van der Waals surface area contributed by atoms with E-state index in [0.29, 0.717) is 0 Å². The summed E-state index contributed by atoms with van der Waals surface area (Å²) in [4.78, 5) is 10.5. The summed E-state index contributed by atoms with van der Waals surface area (Å²) in [5.74, 6) is 0. The Morgan fingerprint density at radius 2 is 2.00 bits per heavy atom. The SMILES string of the molecule is CC(C)(C)OC(=O)NC[O]. The molecule has 0 aliphatic rings. The van der Waals surface area contributed by atoms with E-state index >= 15 is 0 Å². The van der Waals surface area contributed by atoms with Crippen LogP contribution in [0.5, 0.6) is 0 Å². The van der Waals surface area contributed by atoms with Crippen LogP contribution in [0.3, 0.4) is 0 Å². The summed E-state index contributed by atoms with van der Waals surface area (Å²) in [5.41, 5.74) is -0.529. The highest BCUT2D eigenvalue weighted by Gasteiger charge is 2.14. The molecule has 0 aliphatic heterocycles. The second kappa shape index (κ2) is 3.41. The molecule has 1 N–H and O–H groups in total. The van der Waals surface area contributed by atoms with Gasteiger partial charge in [0.15, 0.2) is 6.73 Å². The predicted molar refractivity (Wildman–Crippen MR) is 34.9 cm³/mol. The third kappa shape index (κ3) is 5.37. The van der Waals surface area contributed by atoms with Crippen molar-refractivity contribution in [3.63, 3.8) is 0 Å². The monoisotopic (exact) mass is 146 g/mol. The molecule has 4 heteroatoms. The fourth-order valence-electron chi connectivity index (χ4n) is 0.373. The van der Waals surface area contributed by atoms with Gasteiger partial charge in [0.05, 0.1) is 0 Å². The Kier molecular flexibility index (Phi) is 3.15. The van der Waals surface area contributed by atoms with E-state index in [1.165, 1.54) is 0 Å². The average Bonchev–Trinajstić information content (AvgIpc) is 1.59. The lowest BCUT2D eigenvalue weighted by molar-refractivity contribution is 0.0430. The van der Waals surface area contributed by atoms with E-state index in [1.807, 2.05) is 5.32 Å². The van der Waals surface area contributed by atoms with Gasteiger partial charge in [-0.2, -0.15) is 0 Å². The van der Waals surface area contributed by atoms with Crippen molar-refractivity contribution < 1.29 is 14.6 Å². The molecule has 4 nitrogen and oxygen atoms in total. The Labute approximate surface area is 60.2 Å². The molecule has 0 aromatic rings. The van der Waals surface area contributed by atoms with Crippen LogP contribution >= 0.6 is 0 Å². The maximum atomic E-state index is 10.5. The third-order valence-corrected chi connectivity index (χ3v) is 0.615. The van der Waals surface area contributed by atoms with E-state index < -0.39 is 18.4 Å². The minimum atomic E-state index is -0.664. The second-order valence-corrected chi connectivity index (χ2v) is 2.82. The summed E-state index contributed by atoms with van der Waals surface area (Å²) in [5, 5.41) is 11.8. The molecule has 0 bridgehead atoms. The number of rotatable bonds is 1. The Bertz CT molecular complexity index is 117. The van der Waals surface area contributed by atoms with E-state index in [4.69, 9.17) is 4.74 Å². The molecule has 0 aromatic heterocycles. The zero-order valence-corrected chi connectivity index (χ0v) is 6.43. The average molecular weight is 146 g/mol. The summed E-state index contributed by atoms with van der Waals surface area (Å²) in [6, 6.07) is 0. The van der Waals surface area contributed by atoms with Crippen molar-refractivity contribution in [2.45, 2.75) is 26.4 Å². The largest absolute Gasteiger partial charge is 0.444 e. The normalized spacial score (nSPS) is 10.8. The van der Waals surface area contributed by atoms with Crippen LogP contribution in [0.15, 0.2) is 0 Å². The molecular weight excluding hydrogens is 134 g/mol. The van der Waals surface area contributed by atoms with Crippen LogP contribution in [0.1, 0.15) is 20.8 Å². The molecule has 0 aromatic carbocycles. The molecule has 0 saturated carbocycles. The van der Waals surface area contributed by atoms with Crippen molar-refractivity contribution in [3.8, 4) is 0 Å². The molecule has 0 atom stereocenters. The van der Waals surface area contributed by atoms with Crippen LogP contribution in [0.2, 0.25) is 0 Å². The fourth-order valence-corrected chi connectivity index (χ4v) is 0.373. The van der Waals surface area contributed by atoms with Crippen molar-refractivity contribution >= 4 is 6.09 Å². The number of carbonyl (C=O) groups excluding carboxylic acids is 1. The quantitative estimate of drug-likeness (QED) is 0.559. The molecule has 59 valence electrons. The predicted octanol–water partition coefficient (Wildman–Crippen LogP) is 0.899. The van der Waals surface area contributed by atoms with Gasteiger partial charge in [0.2, 0.25) is 0 Å². The minimum Gasteiger partial charge on any atom is -0.444 e. The van der Waals surface area contributed by atoms with Crippen molar-refractivity contribution in [2.75, 3.05) is 6.73 Å². The lowest BCUT2D eigenvalue weighted by atomic mass is 10.2. The maximum Gasteiger partial charge on any atom is 0.409 e. The van der Waals surface area contributed by atoms with E-state index in [1.54, 1.807) is 20.8 Å². The summed E-state index contributed by atoms with van der Waals surface area (Å²) in [6.45, 7) is 4.56. The molecule has 0 spiro atoms. The van der Waals surface area contributed by atoms with Crippen molar-refractivity contribution in [1.29, 1.82) is 0 Å². The van der Waals surface area contributed by atoms with Crippen LogP contribution in [-0.2, 0) is 9.84 Å². The van der Waals surface area contributed by atoms with E-state index in [0.717, 1.165) is 0 Å². The molecular formula is C6H12NO3. The molecule has 0 aliphatic carbocycles. The zero-order valence-electron chi connectivity index (χ0n) is 6.43. The van der Waals surface area contributed by atoms with Gasteiger partial charge in [-0.25, -0.2) is 9.90 Å². The van der Waals surface area contributed by atoms with Crippen molar-refractivity contribution in [1.82, 2.24) is 5.32 Å². The first kappa shape index (κ1) is 9.23. The van der Waals surface area contributed by atoms with Gasteiger partial charge >= 0.3 is 6.09 Å². The molecule has 0 unspecified atom stereocenters. The molecule has 0 fully saturated rings. The second-order valence-electron chi connectivity index (χ2n) is 2.82. The number of nitrogens with one attached hydrogen (secondary N) is 1. The first-order chi connectivity index (χ1) is 4.45. The molecule has 1 amide bonds. The Balaban J connectivity index is 3.58. The van der Waals surface area contributed by atoms with Gasteiger partial charge in [-0.15, -0.1) is 0 Å². The van der Waals surface area contributed by atoms with E-state index in [2.05, 4.69) is 0 Å². The van der Waals surface area contributed by atoms with Crippen molar-refractivity contribution in [3.05, 3.63) is 0 Å². The van der Waals surface area contributed by atoms with E-state index in [9.17, 15) is 9.90 Å². The van der Waals surface area contributed by atoms with Gasteiger partial charge < -0.3 is 4.74 Å². The highest BCUT2D eigenvalue weighted by atomic mass is 16.6. The first-order valence-electron chi connectivity index (χ1n) is 3.00. The lowest BCUT2D eigenvalue weighted by Crippen LogP contribution is -2.32. The standard InChI is InChI=1S/C6H12NO3/c1-6(2,3)10-5(9)7-4-8/h4H2,1-3H3,(H,7,9). The number of amides is 1. The Morgan fingerprint density at radius 3 is 2.30 bits per heavy atom. The minimum absolute atomic E-state index is 0.529. The highest BCUT2D eigenvalue weighted by Crippen LogP contribution is 2.05. The third-order valence-electron chi connectivity index (χ3n) is 0.615. The molecule has 0 heterocycles. The zero-order chi connectivity index (χ0) is 8.20. The summed E-state index contributed by atoms with van der Waals surface area (Å²) < 4.78 is 4.73. The smallest absolute Gasteiger partial charge is 0.409 e. The summed E-state index contributed by atoms with van der Waals surface area (Å²) in [7, 11) is 0. The highest BCUT2D eigenvalue weighted by molar-refractivity contribution is 5.67.